The maximum atomic E-state index is 6.03. The molecule has 90 valence electrons. The lowest BCUT2D eigenvalue weighted by molar-refractivity contribution is 0.395. The fourth-order valence-electron chi connectivity index (χ4n) is 2.32. The summed E-state index contributed by atoms with van der Waals surface area (Å²) in [5, 5.41) is 0. The van der Waals surface area contributed by atoms with Gasteiger partial charge in [0, 0.05) is 6.42 Å². The average molecular weight is 236 g/mol. The Balaban J connectivity index is 1.82. The van der Waals surface area contributed by atoms with Gasteiger partial charge in [0.25, 0.3) is 0 Å². The molecule has 0 fully saturated rings. The molecule has 0 unspecified atom stereocenters. The van der Waals surface area contributed by atoms with Gasteiger partial charge in [-0.25, -0.2) is 0 Å². The van der Waals surface area contributed by atoms with E-state index in [0.717, 1.165) is 24.4 Å². The molecule has 1 heterocycles. The normalized spacial score (nSPS) is 13.5. The highest BCUT2D eigenvalue weighted by Gasteiger charge is 2.14. The number of benzene rings is 2. The van der Waals surface area contributed by atoms with Crippen LogP contribution in [0.1, 0.15) is 16.7 Å². The minimum Gasteiger partial charge on any atom is -0.461 e. The summed E-state index contributed by atoms with van der Waals surface area (Å²) < 4.78 is 6.03. The van der Waals surface area contributed by atoms with Gasteiger partial charge in [-0.3, -0.25) is 0 Å². The van der Waals surface area contributed by atoms with Crippen LogP contribution in [-0.2, 0) is 12.8 Å². The SMILES string of the molecule is Cc1cccc2c1OC(Cc1ccccc1)=CC2. The van der Waals surface area contributed by atoms with Crippen molar-refractivity contribution in [1.29, 1.82) is 0 Å². The first-order valence-electron chi connectivity index (χ1n) is 6.32. The van der Waals surface area contributed by atoms with Crippen molar-refractivity contribution >= 4 is 0 Å². The van der Waals surface area contributed by atoms with Crippen LogP contribution in [-0.4, -0.2) is 0 Å². The van der Waals surface area contributed by atoms with Crippen LogP contribution in [0.2, 0.25) is 0 Å². The maximum absolute atomic E-state index is 6.03. The van der Waals surface area contributed by atoms with Crippen LogP contribution in [0.15, 0.2) is 60.4 Å². The molecule has 0 saturated carbocycles. The molecule has 0 bridgehead atoms. The van der Waals surface area contributed by atoms with Gasteiger partial charge in [0.05, 0.1) is 0 Å². The highest BCUT2D eigenvalue weighted by Crippen LogP contribution is 2.30. The third-order valence-electron chi connectivity index (χ3n) is 3.30. The lowest BCUT2D eigenvalue weighted by Crippen LogP contribution is -2.08. The molecular weight excluding hydrogens is 220 g/mol. The predicted molar refractivity (Wildman–Crippen MR) is 73.7 cm³/mol. The molecule has 0 radical (unpaired) electrons. The highest BCUT2D eigenvalue weighted by molar-refractivity contribution is 5.45. The number of fused-ring (bicyclic) bond motifs is 1. The summed E-state index contributed by atoms with van der Waals surface area (Å²) in [7, 11) is 0. The summed E-state index contributed by atoms with van der Waals surface area (Å²) in [6, 6.07) is 16.8. The summed E-state index contributed by atoms with van der Waals surface area (Å²) in [5.74, 6) is 2.11. The molecule has 1 aliphatic heterocycles. The molecule has 2 aromatic carbocycles. The van der Waals surface area contributed by atoms with E-state index in [9.17, 15) is 0 Å². The van der Waals surface area contributed by atoms with Crippen LogP contribution in [0.5, 0.6) is 5.75 Å². The molecule has 0 atom stereocenters. The van der Waals surface area contributed by atoms with Gasteiger partial charge >= 0.3 is 0 Å². The molecule has 0 N–H and O–H groups in total. The summed E-state index contributed by atoms with van der Waals surface area (Å²) in [6.07, 6.45) is 4.03. The van der Waals surface area contributed by atoms with E-state index in [4.69, 9.17) is 4.74 Å². The molecule has 18 heavy (non-hydrogen) atoms. The third-order valence-corrected chi connectivity index (χ3v) is 3.30. The first kappa shape index (κ1) is 11.1. The van der Waals surface area contributed by atoms with Gasteiger partial charge in [0.2, 0.25) is 0 Å². The minimum absolute atomic E-state index is 0.870. The number of rotatable bonds is 2. The van der Waals surface area contributed by atoms with Crippen LogP contribution < -0.4 is 4.74 Å². The zero-order valence-electron chi connectivity index (χ0n) is 10.5. The Morgan fingerprint density at radius 1 is 1.00 bits per heavy atom. The van der Waals surface area contributed by atoms with Crippen molar-refractivity contribution in [3.63, 3.8) is 0 Å². The Morgan fingerprint density at radius 2 is 1.83 bits per heavy atom. The van der Waals surface area contributed by atoms with E-state index < -0.39 is 0 Å². The van der Waals surface area contributed by atoms with E-state index in [2.05, 4.69) is 55.5 Å². The number of para-hydroxylation sites is 1. The monoisotopic (exact) mass is 236 g/mol. The fourth-order valence-corrected chi connectivity index (χ4v) is 2.32. The second kappa shape index (κ2) is 4.69. The van der Waals surface area contributed by atoms with E-state index in [-0.39, 0.29) is 0 Å². The molecule has 1 aliphatic rings. The number of aryl methyl sites for hydroxylation is 1. The van der Waals surface area contributed by atoms with E-state index in [1.807, 2.05) is 6.07 Å². The maximum Gasteiger partial charge on any atom is 0.133 e. The lowest BCUT2D eigenvalue weighted by Gasteiger charge is -2.20. The second-order valence-electron chi connectivity index (χ2n) is 4.70. The standard InChI is InChI=1S/C17H16O/c1-13-6-5-9-15-10-11-16(18-17(13)15)12-14-7-3-2-4-8-14/h2-9,11H,10,12H2,1H3. The van der Waals surface area contributed by atoms with Gasteiger partial charge in [-0.05, 0) is 36.1 Å². The van der Waals surface area contributed by atoms with Crippen LogP contribution >= 0.6 is 0 Å². The average Bonchev–Trinajstić information content (AvgIpc) is 2.41. The van der Waals surface area contributed by atoms with Crippen LogP contribution in [0, 0.1) is 6.92 Å². The molecule has 3 rings (SSSR count). The zero-order valence-corrected chi connectivity index (χ0v) is 10.5. The number of hydrogen-bond donors (Lipinski definition) is 0. The van der Waals surface area contributed by atoms with Gasteiger partial charge in [0.15, 0.2) is 0 Å². The Morgan fingerprint density at radius 3 is 2.67 bits per heavy atom. The van der Waals surface area contributed by atoms with E-state index in [0.29, 0.717) is 0 Å². The van der Waals surface area contributed by atoms with Crippen LogP contribution in [0.3, 0.4) is 0 Å². The Kier molecular flexibility index (Phi) is 2.89. The molecule has 0 spiro atoms. The lowest BCUT2D eigenvalue weighted by atomic mass is 10.0. The quantitative estimate of drug-likeness (QED) is 0.764. The van der Waals surface area contributed by atoms with Crippen molar-refractivity contribution in [2.24, 2.45) is 0 Å². The summed E-state index contributed by atoms with van der Waals surface area (Å²) in [4.78, 5) is 0. The second-order valence-corrected chi connectivity index (χ2v) is 4.70. The van der Waals surface area contributed by atoms with Gasteiger partial charge in [-0.15, -0.1) is 0 Å². The molecule has 1 nitrogen and oxygen atoms in total. The van der Waals surface area contributed by atoms with Crippen molar-refractivity contribution in [2.75, 3.05) is 0 Å². The van der Waals surface area contributed by atoms with Gasteiger partial charge in [-0.1, -0.05) is 48.5 Å². The first-order valence-corrected chi connectivity index (χ1v) is 6.32. The molecular formula is C17H16O. The van der Waals surface area contributed by atoms with E-state index in [1.165, 1.54) is 16.7 Å². The third kappa shape index (κ3) is 2.17. The first-order chi connectivity index (χ1) is 8.83. The van der Waals surface area contributed by atoms with Crippen molar-refractivity contribution < 1.29 is 4.74 Å². The van der Waals surface area contributed by atoms with Crippen molar-refractivity contribution in [2.45, 2.75) is 19.8 Å². The molecule has 1 heteroatoms. The Bertz CT molecular complexity index is 582. The number of allylic oxidation sites excluding steroid dienone is 2. The smallest absolute Gasteiger partial charge is 0.133 e. The number of ether oxygens (including phenoxy) is 1. The topological polar surface area (TPSA) is 9.23 Å². The minimum atomic E-state index is 0.870. The van der Waals surface area contributed by atoms with Gasteiger partial charge in [-0.2, -0.15) is 0 Å². The highest BCUT2D eigenvalue weighted by atomic mass is 16.5. The van der Waals surface area contributed by atoms with Crippen LogP contribution in [0.4, 0.5) is 0 Å². The molecule has 2 aromatic rings. The van der Waals surface area contributed by atoms with Gasteiger partial charge in [0.1, 0.15) is 11.5 Å². The van der Waals surface area contributed by atoms with Crippen molar-refractivity contribution in [3.8, 4) is 5.75 Å². The molecule has 0 saturated heterocycles. The molecule has 0 aliphatic carbocycles. The van der Waals surface area contributed by atoms with E-state index in [1.54, 1.807) is 0 Å². The molecule has 0 aromatic heterocycles. The Labute approximate surface area is 108 Å². The van der Waals surface area contributed by atoms with Crippen molar-refractivity contribution in [1.82, 2.24) is 0 Å². The summed E-state index contributed by atoms with van der Waals surface area (Å²) in [6.45, 7) is 2.10. The zero-order chi connectivity index (χ0) is 12.4. The predicted octanol–water partition coefficient (Wildman–Crippen LogP) is 4.06. The van der Waals surface area contributed by atoms with Gasteiger partial charge < -0.3 is 4.74 Å². The van der Waals surface area contributed by atoms with Crippen LogP contribution in [0.25, 0.3) is 0 Å². The molecule has 0 amide bonds. The number of hydrogen-bond acceptors (Lipinski definition) is 1. The largest absolute Gasteiger partial charge is 0.461 e. The Hall–Kier alpha value is -2.02. The fraction of sp³-hybridized carbons (Fsp3) is 0.176. The van der Waals surface area contributed by atoms with E-state index >= 15 is 0 Å². The van der Waals surface area contributed by atoms with Crippen molar-refractivity contribution in [3.05, 3.63) is 77.1 Å². The summed E-state index contributed by atoms with van der Waals surface area (Å²) >= 11 is 0. The summed E-state index contributed by atoms with van der Waals surface area (Å²) in [5.41, 5.74) is 3.79.